The molecule has 1 aliphatic heterocycles. The molecule has 0 N–H and O–H groups in total. The summed E-state index contributed by atoms with van der Waals surface area (Å²) in [6, 6.07) is 16.2. The maximum absolute atomic E-state index is 13.0. The van der Waals surface area contributed by atoms with E-state index in [2.05, 4.69) is 25.1 Å². The van der Waals surface area contributed by atoms with Crippen LogP contribution in [0.3, 0.4) is 0 Å². The van der Waals surface area contributed by atoms with Crippen LogP contribution in [0.1, 0.15) is 37.8 Å². The highest BCUT2D eigenvalue weighted by Gasteiger charge is 2.28. The molecule has 1 amide bonds. The molecule has 0 fully saturated rings. The van der Waals surface area contributed by atoms with Gasteiger partial charge in [-0.2, -0.15) is 0 Å². The van der Waals surface area contributed by atoms with E-state index < -0.39 is 6.10 Å². The summed E-state index contributed by atoms with van der Waals surface area (Å²) in [6.45, 7) is 4.89. The normalized spacial score (nSPS) is 14.8. The zero-order valence-corrected chi connectivity index (χ0v) is 14.5. The molecular weight excluding hydrogens is 298 g/mol. The second-order valence-electron chi connectivity index (χ2n) is 6.23. The number of nitrogens with zero attached hydrogens (tertiary/aromatic N) is 1. The van der Waals surface area contributed by atoms with Gasteiger partial charge in [0.15, 0.2) is 6.10 Å². The predicted octanol–water partition coefficient (Wildman–Crippen LogP) is 4.39. The summed E-state index contributed by atoms with van der Waals surface area (Å²) < 4.78 is 6.00. The van der Waals surface area contributed by atoms with Crippen molar-refractivity contribution < 1.29 is 9.53 Å². The van der Waals surface area contributed by atoms with Gasteiger partial charge in [0.1, 0.15) is 5.75 Å². The standard InChI is InChI=1S/C21H25NO2/c1-3-16-11-13-18(14-12-16)24-20(4-2)21(23)22-15-7-9-17-8-5-6-10-19(17)22/h5-6,8,10-14,20H,3-4,7,9,15H2,1-2H3/t20-/m1/s1. The lowest BCUT2D eigenvalue weighted by Crippen LogP contribution is -2.44. The maximum Gasteiger partial charge on any atom is 0.268 e. The van der Waals surface area contributed by atoms with Crippen LogP contribution < -0.4 is 9.64 Å². The van der Waals surface area contributed by atoms with E-state index in [9.17, 15) is 4.79 Å². The van der Waals surface area contributed by atoms with Crippen molar-refractivity contribution in [2.24, 2.45) is 0 Å². The van der Waals surface area contributed by atoms with E-state index in [4.69, 9.17) is 4.74 Å². The predicted molar refractivity (Wildman–Crippen MR) is 97.6 cm³/mol. The lowest BCUT2D eigenvalue weighted by molar-refractivity contribution is -0.125. The van der Waals surface area contributed by atoms with Crippen LogP contribution in [-0.2, 0) is 17.6 Å². The molecule has 24 heavy (non-hydrogen) atoms. The van der Waals surface area contributed by atoms with Gasteiger partial charge < -0.3 is 9.64 Å². The molecule has 1 aliphatic rings. The minimum absolute atomic E-state index is 0.0595. The lowest BCUT2D eigenvalue weighted by Gasteiger charge is -2.32. The minimum Gasteiger partial charge on any atom is -0.481 e. The Bertz CT molecular complexity index is 693. The number of ether oxygens (including phenoxy) is 1. The molecule has 0 aromatic heterocycles. The molecule has 2 aromatic carbocycles. The van der Waals surface area contributed by atoms with Gasteiger partial charge in [0, 0.05) is 12.2 Å². The number of aryl methyl sites for hydroxylation is 2. The van der Waals surface area contributed by atoms with Gasteiger partial charge in [-0.25, -0.2) is 0 Å². The largest absolute Gasteiger partial charge is 0.481 e. The van der Waals surface area contributed by atoms with E-state index in [0.29, 0.717) is 6.42 Å². The van der Waals surface area contributed by atoms with Gasteiger partial charge in [-0.05, 0) is 55.0 Å². The first-order valence-corrected chi connectivity index (χ1v) is 8.87. The van der Waals surface area contributed by atoms with Crippen LogP contribution in [0.15, 0.2) is 48.5 Å². The fourth-order valence-corrected chi connectivity index (χ4v) is 3.21. The minimum atomic E-state index is -0.441. The number of hydrogen-bond acceptors (Lipinski definition) is 2. The second-order valence-corrected chi connectivity index (χ2v) is 6.23. The summed E-state index contributed by atoms with van der Waals surface area (Å²) in [5.74, 6) is 0.821. The van der Waals surface area contributed by atoms with Gasteiger partial charge >= 0.3 is 0 Å². The summed E-state index contributed by atoms with van der Waals surface area (Å²) >= 11 is 0. The highest BCUT2D eigenvalue weighted by atomic mass is 16.5. The maximum atomic E-state index is 13.0. The topological polar surface area (TPSA) is 29.5 Å². The Morgan fingerprint density at radius 2 is 1.88 bits per heavy atom. The monoisotopic (exact) mass is 323 g/mol. The number of para-hydroxylation sites is 1. The van der Waals surface area contributed by atoms with Crippen LogP contribution in [0.25, 0.3) is 0 Å². The van der Waals surface area contributed by atoms with E-state index in [0.717, 1.165) is 37.2 Å². The zero-order valence-electron chi connectivity index (χ0n) is 14.5. The summed E-state index contributed by atoms with van der Waals surface area (Å²) in [7, 11) is 0. The SMILES string of the molecule is CCc1ccc(O[C@H](CC)C(=O)N2CCCc3ccccc32)cc1. The average Bonchev–Trinajstić information content (AvgIpc) is 2.65. The highest BCUT2D eigenvalue weighted by molar-refractivity contribution is 5.97. The lowest BCUT2D eigenvalue weighted by atomic mass is 10.0. The van der Waals surface area contributed by atoms with E-state index in [1.807, 2.05) is 42.2 Å². The molecule has 126 valence electrons. The van der Waals surface area contributed by atoms with Crippen molar-refractivity contribution in [2.75, 3.05) is 11.4 Å². The van der Waals surface area contributed by atoms with Gasteiger partial charge in [-0.1, -0.05) is 44.2 Å². The average molecular weight is 323 g/mol. The van der Waals surface area contributed by atoms with Crippen molar-refractivity contribution in [2.45, 2.75) is 45.6 Å². The van der Waals surface area contributed by atoms with Gasteiger partial charge in [-0.3, -0.25) is 4.79 Å². The van der Waals surface area contributed by atoms with Crippen LogP contribution in [0.4, 0.5) is 5.69 Å². The van der Waals surface area contributed by atoms with E-state index in [-0.39, 0.29) is 5.91 Å². The van der Waals surface area contributed by atoms with Gasteiger partial charge in [0.25, 0.3) is 5.91 Å². The molecule has 0 saturated heterocycles. The van der Waals surface area contributed by atoms with Crippen molar-refractivity contribution in [1.29, 1.82) is 0 Å². The summed E-state index contributed by atoms with van der Waals surface area (Å²) in [4.78, 5) is 14.9. The number of hydrogen-bond donors (Lipinski definition) is 0. The number of rotatable bonds is 5. The Hall–Kier alpha value is -2.29. The molecule has 1 heterocycles. The Kier molecular flexibility index (Phi) is 5.19. The zero-order chi connectivity index (χ0) is 16.9. The van der Waals surface area contributed by atoms with Crippen molar-refractivity contribution in [3.05, 3.63) is 59.7 Å². The molecule has 1 atom stereocenters. The van der Waals surface area contributed by atoms with Gasteiger partial charge in [0.05, 0.1) is 0 Å². The molecule has 0 aliphatic carbocycles. The number of benzene rings is 2. The Labute approximate surface area is 144 Å². The third kappa shape index (κ3) is 3.45. The Balaban J connectivity index is 1.77. The number of anilines is 1. The first-order valence-electron chi connectivity index (χ1n) is 8.87. The van der Waals surface area contributed by atoms with Crippen molar-refractivity contribution in [1.82, 2.24) is 0 Å². The van der Waals surface area contributed by atoms with Crippen molar-refractivity contribution in [3.63, 3.8) is 0 Å². The summed E-state index contributed by atoms with van der Waals surface area (Å²) in [6.07, 6.45) is 3.26. The van der Waals surface area contributed by atoms with Gasteiger partial charge in [-0.15, -0.1) is 0 Å². The van der Waals surface area contributed by atoms with Crippen molar-refractivity contribution >= 4 is 11.6 Å². The molecule has 3 nitrogen and oxygen atoms in total. The van der Waals surface area contributed by atoms with Crippen LogP contribution in [0.2, 0.25) is 0 Å². The van der Waals surface area contributed by atoms with Crippen LogP contribution in [0.5, 0.6) is 5.75 Å². The third-order valence-electron chi connectivity index (χ3n) is 4.63. The summed E-state index contributed by atoms with van der Waals surface area (Å²) in [5.41, 5.74) is 3.56. The molecular formula is C21H25NO2. The molecule has 0 bridgehead atoms. The molecule has 0 saturated carbocycles. The molecule has 2 aromatic rings. The third-order valence-corrected chi connectivity index (χ3v) is 4.63. The van der Waals surface area contributed by atoms with E-state index >= 15 is 0 Å². The molecule has 0 spiro atoms. The Morgan fingerprint density at radius 3 is 2.58 bits per heavy atom. The van der Waals surface area contributed by atoms with E-state index in [1.54, 1.807) is 0 Å². The van der Waals surface area contributed by atoms with Crippen LogP contribution >= 0.6 is 0 Å². The Morgan fingerprint density at radius 1 is 1.12 bits per heavy atom. The quantitative estimate of drug-likeness (QED) is 0.817. The number of carbonyl (C=O) groups excluding carboxylic acids is 1. The second kappa shape index (κ2) is 7.52. The molecule has 0 unspecified atom stereocenters. The molecule has 3 rings (SSSR count). The number of amides is 1. The first kappa shape index (κ1) is 16.6. The fraction of sp³-hybridized carbons (Fsp3) is 0.381. The number of fused-ring (bicyclic) bond motifs is 1. The molecule has 0 radical (unpaired) electrons. The first-order chi connectivity index (χ1) is 11.7. The smallest absolute Gasteiger partial charge is 0.268 e. The van der Waals surface area contributed by atoms with Gasteiger partial charge in [0.2, 0.25) is 0 Å². The van der Waals surface area contributed by atoms with Crippen molar-refractivity contribution in [3.8, 4) is 5.75 Å². The van der Waals surface area contributed by atoms with Crippen LogP contribution in [-0.4, -0.2) is 18.6 Å². The van der Waals surface area contributed by atoms with Crippen LogP contribution in [0, 0.1) is 0 Å². The summed E-state index contributed by atoms with van der Waals surface area (Å²) in [5, 5.41) is 0. The highest BCUT2D eigenvalue weighted by Crippen LogP contribution is 2.28. The number of carbonyl (C=O) groups is 1. The molecule has 3 heteroatoms. The fourth-order valence-electron chi connectivity index (χ4n) is 3.21. The van der Waals surface area contributed by atoms with E-state index in [1.165, 1.54) is 11.1 Å².